The number of rotatable bonds is 33. The van der Waals surface area contributed by atoms with Crippen molar-refractivity contribution in [2.24, 2.45) is 5.92 Å². The summed E-state index contributed by atoms with van der Waals surface area (Å²) in [7, 11) is 4.38. The second kappa shape index (κ2) is 31.3. The fourth-order valence-electron chi connectivity index (χ4n) is 6.32. The van der Waals surface area contributed by atoms with E-state index in [-0.39, 0.29) is 0 Å². The van der Waals surface area contributed by atoms with Gasteiger partial charge in [-0.15, -0.1) is 0 Å². The number of ether oxygens (including phenoxy) is 1. The Kier molecular flexibility index (Phi) is 29.1. The molecule has 1 fully saturated rings. The standard InChI is InChI=1S/C43H79NO/c1-6-9-12-15-18-21-24-28-33-40(34-29-25-22-19-16-13-10-7-2)42(35-30-26-23-20-17-14-11-8-3)45-43(41-37-38-41)36-31-27-32-39-44(4)5/h18-23,40,42H,6-17,24-39H2,1-5H3/b21-18-,22-19-,23-20-. The van der Waals surface area contributed by atoms with E-state index in [1.165, 1.54) is 179 Å². The van der Waals surface area contributed by atoms with Crippen LogP contribution in [0, 0.1) is 5.92 Å². The molecule has 1 unspecified atom stereocenters. The lowest BCUT2D eigenvalue weighted by atomic mass is 9.87. The molecule has 0 radical (unpaired) electrons. The first-order chi connectivity index (χ1) is 22.1. The van der Waals surface area contributed by atoms with Crippen LogP contribution in [0.1, 0.15) is 194 Å². The quantitative estimate of drug-likeness (QED) is 0.0409. The van der Waals surface area contributed by atoms with Gasteiger partial charge in [0, 0.05) is 6.42 Å². The molecule has 0 heterocycles. The topological polar surface area (TPSA) is 12.5 Å². The Morgan fingerprint density at radius 1 is 0.556 bits per heavy atom. The van der Waals surface area contributed by atoms with E-state index in [4.69, 9.17) is 4.74 Å². The van der Waals surface area contributed by atoms with Crippen molar-refractivity contribution >= 4 is 0 Å². The van der Waals surface area contributed by atoms with Crippen molar-refractivity contribution in [3.8, 4) is 0 Å². The fraction of sp³-hybridized carbons (Fsp3) is 0.814. The summed E-state index contributed by atoms with van der Waals surface area (Å²) in [5.41, 5.74) is 1.63. The summed E-state index contributed by atoms with van der Waals surface area (Å²) >= 11 is 0. The average molecular weight is 626 g/mol. The van der Waals surface area contributed by atoms with Crippen LogP contribution >= 0.6 is 0 Å². The maximum absolute atomic E-state index is 7.18. The van der Waals surface area contributed by atoms with Crippen LogP contribution in [0.25, 0.3) is 0 Å². The summed E-state index contributed by atoms with van der Waals surface area (Å²) < 4.78 is 7.18. The van der Waals surface area contributed by atoms with Gasteiger partial charge < -0.3 is 9.64 Å². The number of nitrogens with zero attached hydrogens (tertiary/aromatic N) is 1. The molecule has 0 aromatic heterocycles. The molecule has 1 atom stereocenters. The Bertz CT molecular complexity index is 728. The van der Waals surface area contributed by atoms with Crippen LogP contribution in [-0.4, -0.2) is 31.6 Å². The first-order valence-corrected chi connectivity index (χ1v) is 20.1. The molecule has 0 spiro atoms. The third-order valence-electron chi connectivity index (χ3n) is 9.40. The summed E-state index contributed by atoms with van der Waals surface area (Å²) in [5, 5.41) is 0. The minimum atomic E-state index is 0.380. The van der Waals surface area contributed by atoms with Gasteiger partial charge in [0.1, 0.15) is 6.10 Å². The zero-order valence-electron chi connectivity index (χ0n) is 31.3. The van der Waals surface area contributed by atoms with Crippen LogP contribution < -0.4 is 0 Å². The maximum Gasteiger partial charge on any atom is 0.101 e. The SMILES string of the molecule is CCCCC/C=C\CCCC(CCC/C=C\CCCCC)C(CCC/C=C\CCCCC)OC(CCCCCN(C)C)=C1CC1. The molecule has 0 saturated heterocycles. The van der Waals surface area contributed by atoms with Gasteiger partial charge in [0.2, 0.25) is 0 Å². The fourth-order valence-corrected chi connectivity index (χ4v) is 6.32. The number of hydrogen-bond acceptors (Lipinski definition) is 2. The Hall–Kier alpha value is -1.28. The molecule has 0 amide bonds. The van der Waals surface area contributed by atoms with Crippen LogP contribution in [0.5, 0.6) is 0 Å². The van der Waals surface area contributed by atoms with E-state index in [0.717, 1.165) is 6.42 Å². The van der Waals surface area contributed by atoms with Crippen molar-refractivity contribution < 1.29 is 4.74 Å². The van der Waals surface area contributed by atoms with E-state index in [1.807, 2.05) is 0 Å². The minimum Gasteiger partial charge on any atom is -0.495 e. The van der Waals surface area contributed by atoms with Crippen molar-refractivity contribution in [2.45, 2.75) is 200 Å². The van der Waals surface area contributed by atoms with Crippen molar-refractivity contribution in [3.05, 3.63) is 47.8 Å². The van der Waals surface area contributed by atoms with Gasteiger partial charge >= 0.3 is 0 Å². The van der Waals surface area contributed by atoms with Gasteiger partial charge in [0.15, 0.2) is 0 Å². The lowest BCUT2D eigenvalue weighted by molar-refractivity contribution is 0.0403. The Morgan fingerprint density at radius 2 is 1.00 bits per heavy atom. The highest BCUT2D eigenvalue weighted by Gasteiger charge is 2.26. The molecule has 1 aliphatic rings. The molecule has 45 heavy (non-hydrogen) atoms. The summed E-state index contributed by atoms with van der Waals surface area (Å²) in [6.07, 6.45) is 49.8. The second-order valence-corrected chi connectivity index (χ2v) is 14.3. The molecule has 1 rings (SSSR count). The molecule has 1 aliphatic carbocycles. The Morgan fingerprint density at radius 3 is 1.42 bits per heavy atom. The predicted octanol–water partition coefficient (Wildman–Crippen LogP) is 14.1. The van der Waals surface area contributed by atoms with Crippen molar-refractivity contribution in [1.29, 1.82) is 0 Å². The summed E-state index contributed by atoms with van der Waals surface area (Å²) in [5.74, 6) is 2.07. The highest BCUT2D eigenvalue weighted by atomic mass is 16.5. The van der Waals surface area contributed by atoms with Crippen LogP contribution in [0.2, 0.25) is 0 Å². The molecule has 2 nitrogen and oxygen atoms in total. The lowest BCUT2D eigenvalue weighted by Crippen LogP contribution is -2.25. The minimum absolute atomic E-state index is 0.380. The molecule has 0 aromatic rings. The van der Waals surface area contributed by atoms with E-state index >= 15 is 0 Å². The van der Waals surface area contributed by atoms with Gasteiger partial charge in [-0.3, -0.25) is 0 Å². The predicted molar refractivity (Wildman–Crippen MR) is 203 cm³/mol. The van der Waals surface area contributed by atoms with E-state index in [9.17, 15) is 0 Å². The molecule has 0 N–H and O–H groups in total. The highest BCUT2D eigenvalue weighted by Crippen LogP contribution is 2.37. The molecule has 0 aliphatic heterocycles. The molecule has 0 bridgehead atoms. The Labute approximate surface area is 283 Å². The second-order valence-electron chi connectivity index (χ2n) is 14.3. The molecule has 2 heteroatoms. The molecular formula is C43H79NO. The monoisotopic (exact) mass is 626 g/mol. The largest absolute Gasteiger partial charge is 0.495 e. The van der Waals surface area contributed by atoms with Gasteiger partial charge in [-0.05, 0) is 154 Å². The molecule has 0 aromatic carbocycles. The summed E-state index contributed by atoms with van der Waals surface area (Å²) in [6, 6.07) is 0. The summed E-state index contributed by atoms with van der Waals surface area (Å²) in [4.78, 5) is 2.32. The van der Waals surface area contributed by atoms with Crippen molar-refractivity contribution in [3.63, 3.8) is 0 Å². The smallest absolute Gasteiger partial charge is 0.101 e. The Balaban J connectivity index is 2.85. The van der Waals surface area contributed by atoms with E-state index in [0.29, 0.717) is 12.0 Å². The normalized spacial score (nSPS) is 14.2. The van der Waals surface area contributed by atoms with Gasteiger partial charge in [0.05, 0.1) is 5.76 Å². The highest BCUT2D eigenvalue weighted by molar-refractivity contribution is 5.21. The van der Waals surface area contributed by atoms with Gasteiger partial charge in [-0.2, -0.15) is 0 Å². The zero-order chi connectivity index (χ0) is 32.6. The van der Waals surface area contributed by atoms with Crippen molar-refractivity contribution in [1.82, 2.24) is 4.90 Å². The molecule has 262 valence electrons. The van der Waals surface area contributed by atoms with Gasteiger partial charge in [0.25, 0.3) is 0 Å². The first-order valence-electron chi connectivity index (χ1n) is 20.1. The van der Waals surface area contributed by atoms with Crippen LogP contribution in [0.15, 0.2) is 47.8 Å². The number of hydrogen-bond donors (Lipinski definition) is 0. The summed E-state index contributed by atoms with van der Waals surface area (Å²) in [6.45, 7) is 8.08. The van der Waals surface area contributed by atoms with E-state index < -0.39 is 0 Å². The number of unbranched alkanes of at least 4 members (excludes halogenated alkanes) is 14. The van der Waals surface area contributed by atoms with Crippen molar-refractivity contribution in [2.75, 3.05) is 20.6 Å². The van der Waals surface area contributed by atoms with Crippen LogP contribution in [0.4, 0.5) is 0 Å². The van der Waals surface area contributed by atoms with E-state index in [2.05, 4.69) is 76.2 Å². The lowest BCUT2D eigenvalue weighted by Gasteiger charge is -2.30. The van der Waals surface area contributed by atoms with Crippen LogP contribution in [-0.2, 0) is 4.74 Å². The first kappa shape index (κ1) is 41.7. The third-order valence-corrected chi connectivity index (χ3v) is 9.40. The maximum atomic E-state index is 7.18. The number of allylic oxidation sites excluding steroid dienone is 8. The van der Waals surface area contributed by atoms with Gasteiger partial charge in [-0.25, -0.2) is 0 Å². The molecule has 1 saturated carbocycles. The zero-order valence-corrected chi connectivity index (χ0v) is 31.3. The van der Waals surface area contributed by atoms with Gasteiger partial charge in [-0.1, -0.05) is 102 Å². The van der Waals surface area contributed by atoms with E-state index in [1.54, 1.807) is 5.57 Å². The van der Waals surface area contributed by atoms with Crippen LogP contribution in [0.3, 0.4) is 0 Å². The molecular weight excluding hydrogens is 546 g/mol. The third kappa shape index (κ3) is 26.5. The average Bonchev–Trinajstić information content (AvgIpc) is 3.88.